The number of benzene rings is 1. The van der Waals surface area contributed by atoms with Gasteiger partial charge in [0.2, 0.25) is 0 Å². The first kappa shape index (κ1) is 25.0. The molecule has 7 heteroatoms. The summed E-state index contributed by atoms with van der Waals surface area (Å²) in [6, 6.07) is 10.6. The number of halogens is 1. The van der Waals surface area contributed by atoms with Crippen LogP contribution in [0.5, 0.6) is 0 Å². The average molecular weight is 510 g/mol. The Labute approximate surface area is 219 Å². The lowest BCUT2D eigenvalue weighted by Gasteiger charge is -2.61. The zero-order valence-electron chi connectivity index (χ0n) is 22.3. The third-order valence-electron chi connectivity index (χ3n) is 10.8. The molecule has 37 heavy (non-hydrogen) atoms. The summed E-state index contributed by atoms with van der Waals surface area (Å²) in [6.07, 6.45) is 4.46. The summed E-state index contributed by atoms with van der Waals surface area (Å²) in [5, 5.41) is 12.8. The summed E-state index contributed by atoms with van der Waals surface area (Å²) < 4.78 is 14.8. The lowest BCUT2D eigenvalue weighted by atomic mass is 9.43. The number of hydrogen-bond acceptors (Lipinski definition) is 6. The van der Waals surface area contributed by atoms with Crippen LogP contribution in [0.3, 0.4) is 0 Å². The highest BCUT2D eigenvalue weighted by Crippen LogP contribution is 2.66. The zero-order chi connectivity index (χ0) is 25.8. The van der Waals surface area contributed by atoms with Gasteiger partial charge in [-0.15, -0.1) is 0 Å². The van der Waals surface area contributed by atoms with Crippen LogP contribution in [0.2, 0.25) is 0 Å². The topological polar surface area (TPSA) is 72.3 Å². The van der Waals surface area contributed by atoms with Gasteiger partial charge in [0.1, 0.15) is 13.2 Å². The van der Waals surface area contributed by atoms with E-state index < -0.39 is 11.6 Å². The number of carbonyl (C=O) groups is 1. The lowest BCUT2D eigenvalue weighted by molar-refractivity contribution is -0.136. The summed E-state index contributed by atoms with van der Waals surface area (Å²) >= 11 is 0. The second kappa shape index (κ2) is 9.48. The Balaban J connectivity index is 1.41. The van der Waals surface area contributed by atoms with Crippen LogP contribution in [-0.2, 0) is 14.5 Å². The second-order valence-corrected chi connectivity index (χ2v) is 12.5. The highest BCUT2D eigenvalue weighted by molar-refractivity contribution is 6.00. The van der Waals surface area contributed by atoms with Crippen LogP contribution < -0.4 is 5.32 Å². The number of oxime groups is 2. The van der Waals surface area contributed by atoms with Crippen molar-refractivity contribution in [1.29, 1.82) is 0 Å². The van der Waals surface area contributed by atoms with Crippen molar-refractivity contribution in [3.63, 3.8) is 0 Å². The summed E-state index contributed by atoms with van der Waals surface area (Å²) in [4.78, 5) is 24.4. The molecule has 5 fully saturated rings. The molecule has 0 bridgehead atoms. The minimum atomic E-state index is -1.33. The molecule has 5 aliphatic rings. The van der Waals surface area contributed by atoms with Crippen LogP contribution in [0.25, 0.3) is 0 Å². The van der Waals surface area contributed by atoms with Crippen molar-refractivity contribution >= 4 is 17.2 Å². The first-order valence-corrected chi connectivity index (χ1v) is 14.1. The summed E-state index contributed by atoms with van der Waals surface area (Å²) in [6.45, 7) is 6.24. The summed E-state index contributed by atoms with van der Waals surface area (Å²) in [5.41, 5.74) is 2.75. The van der Waals surface area contributed by atoms with Crippen LogP contribution in [0, 0.1) is 34.5 Å². The van der Waals surface area contributed by atoms with Gasteiger partial charge in [-0.1, -0.05) is 54.5 Å². The van der Waals surface area contributed by atoms with Crippen molar-refractivity contribution in [3.05, 3.63) is 35.9 Å². The average Bonchev–Trinajstić information content (AvgIpc) is 3.50. The van der Waals surface area contributed by atoms with Gasteiger partial charge in [-0.25, -0.2) is 4.39 Å². The van der Waals surface area contributed by atoms with E-state index in [1.54, 1.807) is 7.11 Å². The molecule has 0 spiro atoms. The van der Waals surface area contributed by atoms with Gasteiger partial charge in [0, 0.05) is 30.2 Å². The smallest absolute Gasteiger partial charge is 0.173 e. The molecular weight excluding hydrogens is 469 g/mol. The molecule has 1 aliphatic heterocycles. The van der Waals surface area contributed by atoms with Crippen LogP contribution in [0.1, 0.15) is 70.3 Å². The van der Waals surface area contributed by atoms with E-state index in [1.165, 1.54) is 5.56 Å². The van der Waals surface area contributed by atoms with Crippen LogP contribution in [0.15, 0.2) is 40.6 Å². The summed E-state index contributed by atoms with van der Waals surface area (Å²) in [5.74, 6) is 0.726. The van der Waals surface area contributed by atoms with Gasteiger partial charge in [-0.2, -0.15) is 0 Å². The van der Waals surface area contributed by atoms with E-state index in [1.807, 2.05) is 6.92 Å². The van der Waals surface area contributed by atoms with E-state index in [-0.39, 0.29) is 41.0 Å². The van der Waals surface area contributed by atoms with Gasteiger partial charge in [0.05, 0.1) is 11.4 Å². The Bertz CT molecular complexity index is 1090. The predicted octanol–water partition coefficient (Wildman–Crippen LogP) is 5.29. The molecule has 1 N–H and O–H groups in total. The van der Waals surface area contributed by atoms with Gasteiger partial charge in [-0.05, 0) is 73.8 Å². The van der Waals surface area contributed by atoms with Crippen LogP contribution >= 0.6 is 0 Å². The highest BCUT2D eigenvalue weighted by atomic mass is 19.1. The third kappa shape index (κ3) is 3.95. The van der Waals surface area contributed by atoms with Crippen LogP contribution in [0.4, 0.5) is 4.39 Å². The monoisotopic (exact) mass is 509 g/mol. The molecule has 9 unspecified atom stereocenters. The van der Waals surface area contributed by atoms with Crippen LogP contribution in [-0.4, -0.2) is 49.7 Å². The van der Waals surface area contributed by atoms with E-state index >= 15 is 0 Å². The first-order chi connectivity index (χ1) is 17.9. The van der Waals surface area contributed by atoms with E-state index in [0.29, 0.717) is 12.3 Å². The number of Topliss-reactive ketones (excluding diaryl/α,β-unsaturated/α-hetero) is 1. The molecule has 9 atom stereocenters. The summed E-state index contributed by atoms with van der Waals surface area (Å²) in [7, 11) is 1.61. The number of fused-ring (bicyclic) bond motifs is 5. The largest absolute Gasteiger partial charge is 0.399 e. The maximum absolute atomic E-state index is 14.8. The standard InChI is InChI=1S/C30H40FN3O3/c1-29-13-10-24(34-37-19-11-14-32-17-19)26(18-7-5-4-6-8-18)27(29)25(33-36-3)15-20-21(29)9-12-30(2)22(20)16-23(31)28(30)35/h4-8,19-23,26-27,32H,9-17H2,1-3H3/b33-25+,34-24+. The highest BCUT2D eigenvalue weighted by Gasteiger charge is 2.65. The van der Waals surface area contributed by atoms with Gasteiger partial charge in [0.15, 0.2) is 12.0 Å². The van der Waals surface area contributed by atoms with Gasteiger partial charge in [-0.3, -0.25) is 4.79 Å². The molecule has 200 valence electrons. The van der Waals surface area contributed by atoms with Crippen molar-refractivity contribution < 1.29 is 18.9 Å². The minimum Gasteiger partial charge on any atom is -0.399 e. The number of rotatable bonds is 4. The zero-order valence-corrected chi connectivity index (χ0v) is 22.3. The number of nitrogens with zero attached hydrogens (tertiary/aromatic N) is 2. The minimum absolute atomic E-state index is 0.0481. The van der Waals surface area contributed by atoms with Crippen molar-refractivity contribution in [2.45, 2.75) is 77.0 Å². The van der Waals surface area contributed by atoms with Crippen molar-refractivity contribution in [2.24, 2.45) is 44.8 Å². The second-order valence-electron chi connectivity index (χ2n) is 12.5. The molecule has 6 nitrogen and oxygen atoms in total. The normalized spacial score (nSPS) is 45.4. The van der Waals surface area contributed by atoms with E-state index in [9.17, 15) is 9.18 Å². The van der Waals surface area contributed by atoms with Crippen molar-refractivity contribution in [3.8, 4) is 0 Å². The third-order valence-corrected chi connectivity index (χ3v) is 10.8. The van der Waals surface area contributed by atoms with E-state index in [2.05, 4.69) is 47.7 Å². The molecule has 1 aromatic rings. The molecule has 1 heterocycles. The van der Waals surface area contributed by atoms with Crippen molar-refractivity contribution in [2.75, 3.05) is 20.2 Å². The number of ketones is 1. The number of hydrogen-bond donors (Lipinski definition) is 1. The number of alkyl halides is 1. The van der Waals surface area contributed by atoms with Gasteiger partial charge in [0.25, 0.3) is 0 Å². The number of carbonyl (C=O) groups excluding carboxylic acids is 1. The molecule has 0 radical (unpaired) electrons. The maximum Gasteiger partial charge on any atom is 0.173 e. The van der Waals surface area contributed by atoms with Gasteiger partial charge < -0.3 is 15.0 Å². The Morgan fingerprint density at radius 1 is 1.05 bits per heavy atom. The van der Waals surface area contributed by atoms with Crippen molar-refractivity contribution in [1.82, 2.24) is 5.32 Å². The molecule has 1 aromatic carbocycles. The Morgan fingerprint density at radius 2 is 1.86 bits per heavy atom. The van der Waals surface area contributed by atoms with E-state index in [0.717, 1.165) is 63.0 Å². The lowest BCUT2D eigenvalue weighted by Crippen LogP contribution is -2.58. The molecule has 0 aromatic heterocycles. The first-order valence-electron chi connectivity index (χ1n) is 14.1. The number of nitrogens with one attached hydrogen (secondary N) is 1. The molecular formula is C30H40FN3O3. The fraction of sp³-hybridized carbons (Fsp3) is 0.700. The quantitative estimate of drug-likeness (QED) is 0.560. The molecule has 1 saturated heterocycles. The Hall–Kier alpha value is -2.28. The maximum atomic E-state index is 14.8. The Kier molecular flexibility index (Phi) is 6.41. The molecule has 4 saturated carbocycles. The predicted molar refractivity (Wildman–Crippen MR) is 141 cm³/mol. The Morgan fingerprint density at radius 3 is 2.59 bits per heavy atom. The molecule has 4 aliphatic carbocycles. The van der Waals surface area contributed by atoms with E-state index in [4.69, 9.17) is 14.8 Å². The fourth-order valence-electron chi connectivity index (χ4n) is 9.00. The fourth-order valence-corrected chi connectivity index (χ4v) is 9.00. The van der Waals surface area contributed by atoms with Gasteiger partial charge >= 0.3 is 0 Å². The molecule has 6 rings (SSSR count). The SMILES string of the molecule is CO/N=C1\CC2C3CC(F)C(=O)C3(C)CCC2C2(C)CC/C(=N\OC3CCNC3)C(c3ccccc3)C12. The molecule has 0 amide bonds.